The van der Waals surface area contributed by atoms with Gasteiger partial charge in [0, 0.05) is 0 Å². The number of aldehydes is 1. The lowest BCUT2D eigenvalue weighted by atomic mass is 10.1. The van der Waals surface area contributed by atoms with Crippen molar-refractivity contribution in [3.8, 4) is 5.75 Å². The fourth-order valence-corrected chi connectivity index (χ4v) is 1.36. The zero-order valence-electron chi connectivity index (χ0n) is 9.57. The molecular formula is C12H14O4. The van der Waals surface area contributed by atoms with Crippen molar-refractivity contribution < 1.29 is 13.9 Å². The molecule has 0 bridgehead atoms. The number of carbonyl (C=O) groups is 1. The van der Waals surface area contributed by atoms with Crippen LogP contribution >= 0.6 is 0 Å². The summed E-state index contributed by atoms with van der Waals surface area (Å²) in [5.74, 6) is 0.540. The molecule has 0 aromatic carbocycles. The average Bonchev–Trinajstić information content (AvgIpc) is 2.26. The number of hydrogen-bond donors (Lipinski definition) is 0. The summed E-state index contributed by atoms with van der Waals surface area (Å²) in [5, 5.41) is 0. The summed E-state index contributed by atoms with van der Waals surface area (Å²) in [7, 11) is 0. The lowest BCUT2D eigenvalue weighted by Crippen LogP contribution is -2.11. The minimum atomic E-state index is -0.484. The molecule has 16 heavy (non-hydrogen) atoms. The number of allylic oxidation sites excluding steroid dienone is 1. The Bertz CT molecular complexity index is 469. The summed E-state index contributed by atoms with van der Waals surface area (Å²) in [5.41, 5.74) is 0.108. The zero-order valence-corrected chi connectivity index (χ0v) is 9.57. The van der Waals surface area contributed by atoms with Crippen LogP contribution in [0.4, 0.5) is 0 Å². The van der Waals surface area contributed by atoms with Crippen molar-refractivity contribution in [2.24, 2.45) is 0 Å². The molecule has 0 fully saturated rings. The van der Waals surface area contributed by atoms with Crippen molar-refractivity contribution in [3.05, 3.63) is 33.4 Å². The molecule has 1 aromatic rings. The highest BCUT2D eigenvalue weighted by atomic mass is 16.5. The summed E-state index contributed by atoms with van der Waals surface area (Å²) in [6.45, 7) is 5.52. The quantitative estimate of drug-likeness (QED) is 0.733. The van der Waals surface area contributed by atoms with Crippen molar-refractivity contribution >= 4 is 12.4 Å². The van der Waals surface area contributed by atoms with Gasteiger partial charge in [-0.1, -0.05) is 6.08 Å². The Morgan fingerprint density at radius 2 is 2.12 bits per heavy atom. The van der Waals surface area contributed by atoms with Crippen LogP contribution in [0.5, 0.6) is 5.75 Å². The van der Waals surface area contributed by atoms with E-state index < -0.39 is 5.63 Å². The molecule has 0 aliphatic carbocycles. The second kappa shape index (κ2) is 5.30. The molecule has 0 amide bonds. The third-order valence-electron chi connectivity index (χ3n) is 2.08. The molecule has 0 spiro atoms. The lowest BCUT2D eigenvalue weighted by Gasteiger charge is -2.09. The van der Waals surface area contributed by atoms with Crippen molar-refractivity contribution in [3.63, 3.8) is 0 Å². The molecular weight excluding hydrogens is 208 g/mol. The standard InChI is InChI=1S/C12H14O4/c1-4-6-10-9(7-13)11(15-5-2)8(3)12(14)16-10/h4,6-7H,5H2,1-3H3. The Balaban J connectivity index is 3.54. The smallest absolute Gasteiger partial charge is 0.342 e. The number of ether oxygens (including phenoxy) is 1. The summed E-state index contributed by atoms with van der Waals surface area (Å²) in [6, 6.07) is 0. The maximum atomic E-state index is 11.5. The highest BCUT2D eigenvalue weighted by Gasteiger charge is 2.16. The predicted molar refractivity (Wildman–Crippen MR) is 61.0 cm³/mol. The Morgan fingerprint density at radius 1 is 1.44 bits per heavy atom. The van der Waals surface area contributed by atoms with E-state index in [9.17, 15) is 9.59 Å². The van der Waals surface area contributed by atoms with Crippen LogP contribution in [0.2, 0.25) is 0 Å². The topological polar surface area (TPSA) is 56.5 Å². The van der Waals surface area contributed by atoms with Crippen LogP contribution in [0.25, 0.3) is 6.08 Å². The maximum absolute atomic E-state index is 11.5. The molecule has 0 unspecified atom stereocenters. The number of rotatable bonds is 4. The van der Waals surface area contributed by atoms with Gasteiger partial charge < -0.3 is 9.15 Å². The van der Waals surface area contributed by atoms with E-state index in [1.807, 2.05) is 0 Å². The van der Waals surface area contributed by atoms with Gasteiger partial charge in [-0.15, -0.1) is 0 Å². The van der Waals surface area contributed by atoms with Crippen LogP contribution in [0, 0.1) is 6.92 Å². The van der Waals surface area contributed by atoms with Crippen LogP contribution in [0.1, 0.15) is 35.5 Å². The lowest BCUT2D eigenvalue weighted by molar-refractivity contribution is 0.111. The molecule has 1 aromatic heterocycles. The second-order valence-electron chi connectivity index (χ2n) is 3.17. The van der Waals surface area contributed by atoms with Crippen LogP contribution in [-0.4, -0.2) is 12.9 Å². The first kappa shape index (κ1) is 12.2. The monoisotopic (exact) mass is 222 g/mol. The van der Waals surface area contributed by atoms with Gasteiger partial charge in [0.05, 0.1) is 17.7 Å². The van der Waals surface area contributed by atoms with Gasteiger partial charge in [0.2, 0.25) is 0 Å². The van der Waals surface area contributed by atoms with Crippen molar-refractivity contribution in [2.45, 2.75) is 20.8 Å². The zero-order chi connectivity index (χ0) is 12.1. The fourth-order valence-electron chi connectivity index (χ4n) is 1.36. The number of hydrogen-bond acceptors (Lipinski definition) is 4. The molecule has 0 aliphatic rings. The molecule has 86 valence electrons. The van der Waals surface area contributed by atoms with E-state index in [2.05, 4.69) is 0 Å². The van der Waals surface area contributed by atoms with Gasteiger partial charge >= 0.3 is 5.63 Å². The van der Waals surface area contributed by atoms with Gasteiger partial charge in [-0.2, -0.15) is 0 Å². The molecule has 0 atom stereocenters. The summed E-state index contributed by atoms with van der Waals surface area (Å²) in [4.78, 5) is 22.5. The summed E-state index contributed by atoms with van der Waals surface area (Å²) < 4.78 is 10.3. The van der Waals surface area contributed by atoms with Gasteiger partial charge in [-0.05, 0) is 26.8 Å². The van der Waals surface area contributed by atoms with Gasteiger partial charge in [0.1, 0.15) is 11.5 Å². The Hall–Kier alpha value is -1.84. The van der Waals surface area contributed by atoms with Crippen molar-refractivity contribution in [2.75, 3.05) is 6.61 Å². The Kier molecular flexibility index (Phi) is 4.05. The van der Waals surface area contributed by atoms with Gasteiger partial charge in [-0.3, -0.25) is 4.79 Å². The van der Waals surface area contributed by atoms with Crippen molar-refractivity contribution in [1.82, 2.24) is 0 Å². The van der Waals surface area contributed by atoms with E-state index in [0.717, 1.165) is 0 Å². The van der Waals surface area contributed by atoms with Crippen molar-refractivity contribution in [1.29, 1.82) is 0 Å². The molecule has 1 rings (SSSR count). The first-order valence-electron chi connectivity index (χ1n) is 5.04. The molecule has 0 N–H and O–H groups in total. The highest BCUT2D eigenvalue weighted by Crippen LogP contribution is 2.23. The molecule has 4 nitrogen and oxygen atoms in total. The van der Waals surface area contributed by atoms with Gasteiger partial charge in [-0.25, -0.2) is 4.79 Å². The molecule has 4 heteroatoms. The summed E-state index contributed by atoms with van der Waals surface area (Å²) >= 11 is 0. The third kappa shape index (κ3) is 2.21. The molecule has 0 aliphatic heterocycles. The molecule has 0 saturated heterocycles. The van der Waals surface area contributed by atoms with Crippen LogP contribution < -0.4 is 10.4 Å². The van der Waals surface area contributed by atoms with Gasteiger partial charge in [0.15, 0.2) is 6.29 Å². The van der Waals surface area contributed by atoms with E-state index in [1.165, 1.54) is 0 Å². The molecule has 0 saturated carbocycles. The Labute approximate surface area is 93.5 Å². The largest absolute Gasteiger partial charge is 0.492 e. The first-order valence-corrected chi connectivity index (χ1v) is 5.04. The first-order chi connectivity index (χ1) is 7.65. The SMILES string of the molecule is CC=Cc1oc(=O)c(C)c(OCC)c1C=O. The van der Waals surface area contributed by atoms with E-state index in [1.54, 1.807) is 32.9 Å². The van der Waals surface area contributed by atoms with Crippen LogP contribution in [-0.2, 0) is 0 Å². The van der Waals surface area contributed by atoms with E-state index in [0.29, 0.717) is 24.2 Å². The predicted octanol–water partition coefficient (Wildman–Crippen LogP) is 2.19. The third-order valence-corrected chi connectivity index (χ3v) is 2.08. The normalized spacial score (nSPS) is 10.7. The van der Waals surface area contributed by atoms with E-state index in [4.69, 9.17) is 9.15 Å². The molecule has 1 heterocycles. The fraction of sp³-hybridized carbons (Fsp3) is 0.333. The number of carbonyl (C=O) groups excluding carboxylic acids is 1. The van der Waals surface area contributed by atoms with Crippen LogP contribution in [0.15, 0.2) is 15.3 Å². The highest BCUT2D eigenvalue weighted by molar-refractivity contribution is 5.84. The second-order valence-corrected chi connectivity index (χ2v) is 3.17. The average molecular weight is 222 g/mol. The molecule has 0 radical (unpaired) electrons. The van der Waals surface area contributed by atoms with E-state index >= 15 is 0 Å². The maximum Gasteiger partial charge on any atom is 0.342 e. The van der Waals surface area contributed by atoms with E-state index in [-0.39, 0.29) is 11.3 Å². The van der Waals surface area contributed by atoms with Crippen LogP contribution in [0.3, 0.4) is 0 Å². The minimum Gasteiger partial charge on any atom is -0.492 e. The summed E-state index contributed by atoms with van der Waals surface area (Å²) in [6.07, 6.45) is 3.89. The Morgan fingerprint density at radius 3 is 2.62 bits per heavy atom. The minimum absolute atomic E-state index is 0.233. The van der Waals surface area contributed by atoms with Gasteiger partial charge in [0.25, 0.3) is 0 Å².